The van der Waals surface area contributed by atoms with Gasteiger partial charge in [0.25, 0.3) is 5.91 Å². The van der Waals surface area contributed by atoms with Gasteiger partial charge in [-0.15, -0.1) is 0 Å². The van der Waals surface area contributed by atoms with Crippen LogP contribution in [0.1, 0.15) is 16.8 Å². The average Bonchev–Trinajstić information content (AvgIpc) is 3.10. The summed E-state index contributed by atoms with van der Waals surface area (Å²) >= 11 is 0. The molecule has 23 heavy (non-hydrogen) atoms. The summed E-state index contributed by atoms with van der Waals surface area (Å²) in [6.45, 7) is 0. The summed E-state index contributed by atoms with van der Waals surface area (Å²) in [7, 11) is 0. The van der Waals surface area contributed by atoms with Gasteiger partial charge in [0.1, 0.15) is 6.33 Å². The maximum atomic E-state index is 12.1. The Morgan fingerprint density at radius 1 is 1.00 bits per heavy atom. The molecule has 2 aromatic carbocycles. The second kappa shape index (κ2) is 7.36. The Hall–Kier alpha value is -2.94. The molecule has 3 rings (SSSR count). The molecule has 0 N–H and O–H groups in total. The third-order valence-corrected chi connectivity index (χ3v) is 3.61. The van der Waals surface area contributed by atoms with E-state index in [0.29, 0.717) is 0 Å². The molecule has 0 aliphatic carbocycles. The van der Waals surface area contributed by atoms with Crippen LogP contribution in [0, 0.1) is 0 Å². The standard InChI is InChI=1S/C20H18N2O/c23-20(14-8-7-11-17-9-3-1-4-10-17)22-15-19(21-16-22)18-12-5-2-6-13-18/h1-6,8-10,12-16H,7,11H2/b14-8+. The van der Waals surface area contributed by atoms with Crippen molar-refractivity contribution < 1.29 is 4.79 Å². The third-order valence-electron chi connectivity index (χ3n) is 3.61. The van der Waals surface area contributed by atoms with E-state index in [-0.39, 0.29) is 5.91 Å². The van der Waals surface area contributed by atoms with Crippen molar-refractivity contribution in [3.05, 3.63) is 90.9 Å². The number of rotatable bonds is 5. The van der Waals surface area contributed by atoms with Crippen molar-refractivity contribution in [2.45, 2.75) is 12.8 Å². The van der Waals surface area contributed by atoms with Crippen molar-refractivity contribution in [2.75, 3.05) is 0 Å². The molecule has 0 aliphatic rings. The number of carbonyl (C=O) groups excluding carboxylic acids is 1. The minimum Gasteiger partial charge on any atom is -0.272 e. The lowest BCUT2D eigenvalue weighted by molar-refractivity contribution is 0.0968. The number of benzene rings is 2. The molecule has 0 saturated heterocycles. The lowest BCUT2D eigenvalue weighted by atomic mass is 10.1. The van der Waals surface area contributed by atoms with Crippen molar-refractivity contribution in [3.8, 4) is 11.3 Å². The number of carbonyl (C=O) groups is 1. The number of aromatic nitrogens is 2. The largest absolute Gasteiger partial charge is 0.272 e. The van der Waals surface area contributed by atoms with E-state index in [4.69, 9.17) is 0 Å². The van der Waals surface area contributed by atoms with E-state index in [1.54, 1.807) is 18.6 Å². The second-order valence-electron chi connectivity index (χ2n) is 5.30. The summed E-state index contributed by atoms with van der Waals surface area (Å²) in [6.07, 6.45) is 8.63. The minimum absolute atomic E-state index is 0.0762. The quantitative estimate of drug-likeness (QED) is 0.656. The molecular weight excluding hydrogens is 284 g/mol. The smallest absolute Gasteiger partial charge is 0.255 e. The molecule has 0 bridgehead atoms. The average molecular weight is 302 g/mol. The van der Waals surface area contributed by atoms with Crippen LogP contribution in [0.15, 0.2) is 85.3 Å². The van der Waals surface area contributed by atoms with Gasteiger partial charge in [-0.3, -0.25) is 9.36 Å². The SMILES string of the molecule is O=C(/C=C/CCc1ccccc1)n1cnc(-c2ccccc2)c1. The van der Waals surface area contributed by atoms with Gasteiger partial charge in [0.2, 0.25) is 0 Å². The van der Waals surface area contributed by atoms with Gasteiger partial charge in [0, 0.05) is 11.8 Å². The van der Waals surface area contributed by atoms with Gasteiger partial charge in [-0.05, 0) is 24.5 Å². The molecule has 3 nitrogen and oxygen atoms in total. The third kappa shape index (κ3) is 4.04. The van der Waals surface area contributed by atoms with Crippen molar-refractivity contribution in [1.82, 2.24) is 9.55 Å². The number of hydrogen-bond donors (Lipinski definition) is 0. The zero-order chi connectivity index (χ0) is 15.9. The van der Waals surface area contributed by atoms with Crippen LogP contribution in [0.3, 0.4) is 0 Å². The zero-order valence-electron chi connectivity index (χ0n) is 12.8. The van der Waals surface area contributed by atoms with Crippen LogP contribution >= 0.6 is 0 Å². The Kier molecular flexibility index (Phi) is 4.79. The summed E-state index contributed by atoms with van der Waals surface area (Å²) in [4.78, 5) is 16.4. The van der Waals surface area contributed by atoms with Gasteiger partial charge in [-0.2, -0.15) is 0 Å². The Morgan fingerprint density at radius 2 is 1.70 bits per heavy atom. The first-order chi connectivity index (χ1) is 11.3. The van der Waals surface area contributed by atoms with E-state index < -0.39 is 0 Å². The molecule has 1 aromatic heterocycles. The Bertz CT molecular complexity index is 789. The predicted octanol–water partition coefficient (Wildman–Crippen LogP) is 4.38. The number of hydrogen-bond acceptors (Lipinski definition) is 2. The van der Waals surface area contributed by atoms with E-state index in [9.17, 15) is 4.79 Å². The van der Waals surface area contributed by atoms with Crippen molar-refractivity contribution in [3.63, 3.8) is 0 Å². The first kappa shape index (κ1) is 15.0. The lowest BCUT2D eigenvalue weighted by Gasteiger charge is -1.97. The topological polar surface area (TPSA) is 34.9 Å². The molecule has 0 aliphatic heterocycles. The molecule has 0 radical (unpaired) electrons. The number of allylic oxidation sites excluding steroid dienone is 2. The molecule has 0 saturated carbocycles. The first-order valence-corrected chi connectivity index (χ1v) is 7.67. The molecular formula is C20H18N2O. The fourth-order valence-corrected chi connectivity index (χ4v) is 2.37. The summed E-state index contributed by atoms with van der Waals surface area (Å²) in [6, 6.07) is 20.1. The predicted molar refractivity (Wildman–Crippen MR) is 92.2 cm³/mol. The summed E-state index contributed by atoms with van der Waals surface area (Å²) < 4.78 is 1.52. The number of nitrogens with zero attached hydrogens (tertiary/aromatic N) is 2. The number of aryl methyl sites for hydroxylation is 1. The molecule has 0 fully saturated rings. The van der Waals surface area contributed by atoms with Crippen LogP contribution in [-0.2, 0) is 6.42 Å². The fraction of sp³-hybridized carbons (Fsp3) is 0.100. The van der Waals surface area contributed by atoms with Crippen molar-refractivity contribution >= 4 is 5.91 Å². The zero-order valence-corrected chi connectivity index (χ0v) is 12.8. The summed E-state index contributed by atoms with van der Waals surface area (Å²) in [5, 5.41) is 0. The summed E-state index contributed by atoms with van der Waals surface area (Å²) in [5.74, 6) is -0.0762. The summed E-state index contributed by atoms with van der Waals surface area (Å²) in [5.41, 5.74) is 3.09. The van der Waals surface area contributed by atoms with E-state index in [2.05, 4.69) is 17.1 Å². The van der Waals surface area contributed by atoms with E-state index in [1.165, 1.54) is 10.1 Å². The van der Waals surface area contributed by atoms with E-state index >= 15 is 0 Å². The molecule has 0 atom stereocenters. The van der Waals surface area contributed by atoms with Gasteiger partial charge in [-0.25, -0.2) is 4.98 Å². The first-order valence-electron chi connectivity index (χ1n) is 7.67. The lowest BCUT2D eigenvalue weighted by Crippen LogP contribution is -2.03. The molecule has 0 amide bonds. The monoisotopic (exact) mass is 302 g/mol. The van der Waals surface area contributed by atoms with E-state index in [1.807, 2.05) is 54.6 Å². The molecule has 1 heterocycles. The second-order valence-corrected chi connectivity index (χ2v) is 5.30. The highest BCUT2D eigenvalue weighted by molar-refractivity contribution is 5.90. The highest BCUT2D eigenvalue weighted by atomic mass is 16.1. The van der Waals surface area contributed by atoms with Crippen molar-refractivity contribution in [2.24, 2.45) is 0 Å². The van der Waals surface area contributed by atoms with E-state index in [0.717, 1.165) is 24.1 Å². The maximum absolute atomic E-state index is 12.1. The fourth-order valence-electron chi connectivity index (χ4n) is 2.37. The minimum atomic E-state index is -0.0762. The highest BCUT2D eigenvalue weighted by Crippen LogP contribution is 2.15. The van der Waals surface area contributed by atoms with Gasteiger partial charge < -0.3 is 0 Å². The molecule has 3 aromatic rings. The molecule has 0 spiro atoms. The van der Waals surface area contributed by atoms with Crippen LogP contribution in [0.4, 0.5) is 0 Å². The van der Waals surface area contributed by atoms with Crippen LogP contribution in [0.5, 0.6) is 0 Å². The van der Waals surface area contributed by atoms with Crippen LogP contribution in [0.25, 0.3) is 11.3 Å². The highest BCUT2D eigenvalue weighted by Gasteiger charge is 2.05. The van der Waals surface area contributed by atoms with Gasteiger partial charge >= 0.3 is 0 Å². The Labute approximate surface area is 135 Å². The maximum Gasteiger partial charge on any atom is 0.255 e. The molecule has 3 heteroatoms. The van der Waals surface area contributed by atoms with Crippen LogP contribution < -0.4 is 0 Å². The van der Waals surface area contributed by atoms with Gasteiger partial charge in [0.15, 0.2) is 0 Å². The molecule has 0 unspecified atom stereocenters. The van der Waals surface area contributed by atoms with Crippen molar-refractivity contribution in [1.29, 1.82) is 0 Å². The van der Waals surface area contributed by atoms with Gasteiger partial charge in [0.05, 0.1) is 5.69 Å². The van der Waals surface area contributed by atoms with Gasteiger partial charge in [-0.1, -0.05) is 66.7 Å². The number of imidazole rings is 1. The van der Waals surface area contributed by atoms with Crippen LogP contribution in [0.2, 0.25) is 0 Å². The normalized spacial score (nSPS) is 11.0. The Morgan fingerprint density at radius 3 is 2.43 bits per heavy atom. The molecule has 114 valence electrons. The van der Waals surface area contributed by atoms with Crippen LogP contribution in [-0.4, -0.2) is 15.5 Å². The Balaban J connectivity index is 1.58.